The fraction of sp³-hybridized carbons (Fsp3) is 0.500. The molecule has 0 heterocycles. The summed E-state index contributed by atoms with van der Waals surface area (Å²) in [6, 6.07) is 10.9. The fourth-order valence-electron chi connectivity index (χ4n) is 1.82. The lowest BCUT2D eigenvalue weighted by Crippen LogP contribution is -2.20. The van der Waals surface area contributed by atoms with Crippen LogP contribution in [0, 0.1) is 0 Å². The smallest absolute Gasteiger partial charge is 0.450 e. The molecule has 0 saturated heterocycles. The van der Waals surface area contributed by atoms with Crippen molar-refractivity contribution in [1.29, 1.82) is 0 Å². The Morgan fingerprint density at radius 3 is 2.17 bits per heavy atom. The van der Waals surface area contributed by atoms with E-state index in [1.807, 2.05) is 0 Å². The summed E-state index contributed by atoms with van der Waals surface area (Å²) >= 11 is 3.50. The molecule has 0 bridgehead atoms. The summed E-state index contributed by atoms with van der Waals surface area (Å²) in [6.45, 7) is 4.65. The molecule has 0 fully saturated rings. The van der Waals surface area contributed by atoms with E-state index in [-0.39, 0.29) is 0 Å². The second kappa shape index (κ2) is 8.97. The van der Waals surface area contributed by atoms with Crippen LogP contribution in [0.25, 0.3) is 0 Å². The molecule has 1 aromatic carbocycles. The molecule has 1 aromatic rings. The van der Waals surface area contributed by atoms with Gasteiger partial charge in [-0.2, -0.15) is 0 Å². The molecule has 1 atom stereocenters. The molecule has 0 aliphatic heterocycles. The van der Waals surface area contributed by atoms with E-state index in [9.17, 15) is 0 Å². The minimum absolute atomic E-state index is 0.356. The number of hydrogen-bond acceptors (Lipinski definition) is 1. The minimum Gasteiger partial charge on any atom is -0.450 e. The number of halogens is 1. The highest BCUT2D eigenvalue weighted by atomic mass is 79.9. The van der Waals surface area contributed by atoms with Crippen LogP contribution >= 0.6 is 15.9 Å². The molecule has 2 N–H and O–H groups in total. The van der Waals surface area contributed by atoms with Gasteiger partial charge in [0.1, 0.15) is 0 Å². The van der Waals surface area contributed by atoms with Crippen LogP contribution in [0.5, 0.6) is 0 Å². The van der Waals surface area contributed by atoms with E-state index in [4.69, 9.17) is 15.0 Å². The quantitative estimate of drug-likeness (QED) is 0.770. The second-order valence-corrected chi connectivity index (χ2v) is 5.15. The first-order valence-corrected chi connectivity index (χ1v) is 7.11. The van der Waals surface area contributed by atoms with Gasteiger partial charge in [0.2, 0.25) is 0 Å². The first kappa shape index (κ1) is 17.0. The molecular formula is C14H21BrO3. The van der Waals surface area contributed by atoms with Crippen molar-refractivity contribution in [2.24, 2.45) is 0 Å². The maximum Gasteiger partial charge on any atom is 0.503 e. The van der Waals surface area contributed by atoms with E-state index in [1.54, 1.807) is 0 Å². The highest BCUT2D eigenvalue weighted by Gasteiger charge is 2.23. The van der Waals surface area contributed by atoms with Gasteiger partial charge in [0, 0.05) is 5.33 Å². The molecule has 0 aromatic heterocycles. The summed E-state index contributed by atoms with van der Waals surface area (Å²) < 4.78 is 0. The molecule has 18 heavy (non-hydrogen) atoms. The van der Waals surface area contributed by atoms with Crippen LogP contribution in [0.1, 0.15) is 38.7 Å². The highest BCUT2D eigenvalue weighted by Crippen LogP contribution is 2.32. The molecule has 0 saturated carbocycles. The van der Waals surface area contributed by atoms with Gasteiger partial charge in [0.25, 0.3) is 0 Å². The second-order valence-electron chi connectivity index (χ2n) is 4.36. The molecule has 0 aliphatic carbocycles. The third-order valence-corrected chi connectivity index (χ3v) is 3.67. The predicted molar refractivity (Wildman–Crippen MR) is 77.8 cm³/mol. The van der Waals surface area contributed by atoms with Gasteiger partial charge >= 0.3 is 6.16 Å². The largest absolute Gasteiger partial charge is 0.503 e. The van der Waals surface area contributed by atoms with Crippen LogP contribution in [-0.2, 0) is 5.41 Å². The predicted octanol–water partition coefficient (Wildman–Crippen LogP) is 4.75. The summed E-state index contributed by atoms with van der Waals surface area (Å²) in [5.41, 5.74) is 1.83. The van der Waals surface area contributed by atoms with E-state index in [0.29, 0.717) is 5.41 Å². The van der Waals surface area contributed by atoms with Gasteiger partial charge < -0.3 is 10.2 Å². The van der Waals surface area contributed by atoms with Crippen molar-refractivity contribution in [2.45, 2.75) is 38.5 Å². The van der Waals surface area contributed by atoms with Crippen LogP contribution in [0.2, 0.25) is 0 Å². The van der Waals surface area contributed by atoms with Crippen LogP contribution < -0.4 is 0 Å². The molecular weight excluding hydrogens is 296 g/mol. The lowest BCUT2D eigenvalue weighted by Gasteiger charge is -2.28. The Labute approximate surface area is 117 Å². The number of rotatable bonds is 5. The zero-order valence-electron chi connectivity index (χ0n) is 10.9. The van der Waals surface area contributed by atoms with Crippen molar-refractivity contribution in [3.8, 4) is 0 Å². The van der Waals surface area contributed by atoms with Crippen LogP contribution in [0.4, 0.5) is 4.79 Å². The Balaban J connectivity index is 0.000000631. The molecule has 102 valence electrons. The molecule has 0 spiro atoms. The summed E-state index contributed by atoms with van der Waals surface area (Å²) in [4.78, 5) is 8.56. The highest BCUT2D eigenvalue weighted by molar-refractivity contribution is 9.09. The maximum absolute atomic E-state index is 8.56. The number of benzene rings is 1. The summed E-state index contributed by atoms with van der Waals surface area (Å²) in [6.07, 6.45) is 1.89. The first-order chi connectivity index (χ1) is 8.46. The maximum atomic E-state index is 8.56. The molecule has 3 nitrogen and oxygen atoms in total. The van der Waals surface area contributed by atoms with Gasteiger partial charge in [-0.15, -0.1) is 0 Å². The van der Waals surface area contributed by atoms with Crippen LogP contribution in [0.3, 0.4) is 0 Å². The van der Waals surface area contributed by atoms with Crippen molar-refractivity contribution >= 4 is 22.1 Å². The van der Waals surface area contributed by atoms with Crippen molar-refractivity contribution in [2.75, 3.05) is 5.33 Å². The third-order valence-electron chi connectivity index (χ3n) is 3.11. The minimum atomic E-state index is -1.83. The SMILES string of the molecule is CCC(C)(CCCBr)c1ccccc1.O=C(O)O. The standard InChI is InChI=1S/C13H19Br.CH2O3/c1-3-13(2,10-7-11-14)12-8-5-4-6-9-12;2-1(3)4/h4-6,8-9H,3,7,10-11H2,1-2H3;(H2,2,3,4). The van der Waals surface area contributed by atoms with E-state index in [1.165, 1.54) is 24.8 Å². The molecule has 0 amide bonds. The topological polar surface area (TPSA) is 57.5 Å². The Hall–Kier alpha value is -1.03. The lowest BCUT2D eigenvalue weighted by molar-refractivity contribution is 0.137. The zero-order chi connectivity index (χ0) is 14.0. The third kappa shape index (κ3) is 6.64. The molecule has 1 unspecified atom stereocenters. The number of hydrogen-bond donors (Lipinski definition) is 2. The Morgan fingerprint density at radius 1 is 1.28 bits per heavy atom. The molecule has 1 rings (SSSR count). The zero-order valence-corrected chi connectivity index (χ0v) is 12.5. The van der Waals surface area contributed by atoms with Crippen molar-refractivity contribution in [3.63, 3.8) is 0 Å². The molecule has 0 aliphatic rings. The van der Waals surface area contributed by atoms with Gasteiger partial charge in [-0.3, -0.25) is 0 Å². The summed E-state index contributed by atoms with van der Waals surface area (Å²) in [5, 5.41) is 15.1. The van der Waals surface area contributed by atoms with Crippen LogP contribution in [0.15, 0.2) is 30.3 Å². The van der Waals surface area contributed by atoms with Gasteiger partial charge in [-0.05, 0) is 30.2 Å². The van der Waals surface area contributed by atoms with E-state index < -0.39 is 6.16 Å². The monoisotopic (exact) mass is 316 g/mol. The summed E-state index contributed by atoms with van der Waals surface area (Å²) in [7, 11) is 0. The lowest BCUT2D eigenvalue weighted by atomic mass is 9.77. The van der Waals surface area contributed by atoms with Crippen molar-refractivity contribution < 1.29 is 15.0 Å². The Bertz CT molecular complexity index is 336. The normalized spacial score (nSPS) is 13.1. The fourth-order valence-corrected chi connectivity index (χ4v) is 2.10. The molecule has 0 radical (unpaired) electrons. The number of alkyl halides is 1. The van der Waals surface area contributed by atoms with Crippen molar-refractivity contribution in [3.05, 3.63) is 35.9 Å². The van der Waals surface area contributed by atoms with Crippen LogP contribution in [-0.4, -0.2) is 21.7 Å². The van der Waals surface area contributed by atoms with E-state index in [0.717, 1.165) is 5.33 Å². The van der Waals surface area contributed by atoms with Gasteiger partial charge in [-0.25, -0.2) is 4.79 Å². The van der Waals surface area contributed by atoms with Gasteiger partial charge in [0.05, 0.1) is 0 Å². The Morgan fingerprint density at radius 2 is 1.78 bits per heavy atom. The summed E-state index contributed by atoms with van der Waals surface area (Å²) in [5.74, 6) is 0. The first-order valence-electron chi connectivity index (χ1n) is 5.99. The van der Waals surface area contributed by atoms with Crippen molar-refractivity contribution in [1.82, 2.24) is 0 Å². The van der Waals surface area contributed by atoms with E-state index in [2.05, 4.69) is 60.1 Å². The van der Waals surface area contributed by atoms with Gasteiger partial charge in [-0.1, -0.05) is 60.1 Å². The van der Waals surface area contributed by atoms with Gasteiger partial charge in [0.15, 0.2) is 0 Å². The number of carboxylic acid groups (broad SMARTS) is 2. The Kier molecular flexibility index (Phi) is 8.46. The molecule has 4 heteroatoms. The number of carbonyl (C=O) groups is 1. The average Bonchev–Trinajstić information content (AvgIpc) is 2.36. The van der Waals surface area contributed by atoms with E-state index >= 15 is 0 Å². The average molecular weight is 317 g/mol.